The maximum Gasteiger partial charge on any atom is 0.327 e. The van der Waals surface area contributed by atoms with Gasteiger partial charge in [-0.05, 0) is 25.8 Å². The van der Waals surface area contributed by atoms with E-state index in [1.807, 2.05) is 51.1 Å². The first-order valence-electron chi connectivity index (χ1n) is 8.36. The second-order valence-electron chi connectivity index (χ2n) is 6.96. The maximum atomic E-state index is 12.7. The number of benzene rings is 1. The van der Waals surface area contributed by atoms with Gasteiger partial charge < -0.3 is 15.3 Å². The molecule has 25 heavy (non-hydrogen) atoms. The number of nitrogens with one attached hydrogen (secondary N) is 1. The van der Waals surface area contributed by atoms with Crippen molar-refractivity contribution in [3.8, 4) is 0 Å². The highest BCUT2D eigenvalue weighted by Gasteiger charge is 2.64. The van der Waals surface area contributed by atoms with E-state index < -0.39 is 22.8 Å². The number of carboxylic acid groups (broad SMARTS) is 1. The molecule has 4 atom stereocenters. The van der Waals surface area contributed by atoms with Crippen LogP contribution >= 0.6 is 11.8 Å². The number of aliphatic carboxylic acids is 1. The minimum Gasteiger partial charge on any atom is -0.480 e. The van der Waals surface area contributed by atoms with Gasteiger partial charge in [0, 0.05) is 4.75 Å². The van der Waals surface area contributed by atoms with Gasteiger partial charge in [-0.3, -0.25) is 9.59 Å². The first-order chi connectivity index (χ1) is 11.8. The first kappa shape index (κ1) is 17.8. The smallest absolute Gasteiger partial charge is 0.327 e. The summed E-state index contributed by atoms with van der Waals surface area (Å²) in [5, 5.41) is 12.0. The van der Waals surface area contributed by atoms with E-state index in [0.29, 0.717) is 6.42 Å². The van der Waals surface area contributed by atoms with Crippen LogP contribution in [0, 0.1) is 0 Å². The molecule has 0 radical (unpaired) electrons. The second kappa shape index (κ2) is 6.37. The fourth-order valence-electron chi connectivity index (χ4n) is 3.66. The predicted molar refractivity (Wildman–Crippen MR) is 95.1 cm³/mol. The molecular formula is C18H22N2O4S. The summed E-state index contributed by atoms with van der Waals surface area (Å²) in [6.45, 7) is 5.57. The lowest BCUT2D eigenvalue weighted by Gasteiger charge is -2.44. The van der Waals surface area contributed by atoms with Crippen molar-refractivity contribution < 1.29 is 19.5 Å². The molecule has 1 unspecified atom stereocenters. The maximum absolute atomic E-state index is 12.7. The molecule has 0 aromatic heterocycles. The number of hydrogen-bond acceptors (Lipinski definition) is 4. The summed E-state index contributed by atoms with van der Waals surface area (Å²) >= 11 is 1.43. The zero-order valence-electron chi connectivity index (χ0n) is 14.4. The predicted octanol–water partition coefficient (Wildman–Crippen LogP) is 1.81. The van der Waals surface area contributed by atoms with Crippen LogP contribution in [0.3, 0.4) is 0 Å². The van der Waals surface area contributed by atoms with Gasteiger partial charge in [-0.25, -0.2) is 4.79 Å². The molecule has 0 saturated carbocycles. The van der Waals surface area contributed by atoms with E-state index in [1.165, 1.54) is 16.7 Å². The van der Waals surface area contributed by atoms with Crippen molar-refractivity contribution in [2.75, 3.05) is 0 Å². The Morgan fingerprint density at radius 1 is 1.32 bits per heavy atom. The normalized spacial score (nSPS) is 28.0. The summed E-state index contributed by atoms with van der Waals surface area (Å²) in [5.74, 6) is -1.83. The molecule has 2 heterocycles. The molecule has 6 nitrogen and oxygen atoms in total. The number of rotatable bonds is 5. The summed E-state index contributed by atoms with van der Waals surface area (Å²) in [4.78, 5) is 38.1. The molecule has 2 aliphatic rings. The lowest BCUT2D eigenvalue weighted by molar-refractivity contribution is -0.161. The fourth-order valence-corrected chi connectivity index (χ4v) is 5.28. The van der Waals surface area contributed by atoms with E-state index in [-0.39, 0.29) is 23.1 Å². The minimum absolute atomic E-state index is 0.191. The van der Waals surface area contributed by atoms with Crippen molar-refractivity contribution in [3.05, 3.63) is 35.9 Å². The van der Waals surface area contributed by atoms with Gasteiger partial charge in [0.05, 0.1) is 5.92 Å². The summed E-state index contributed by atoms with van der Waals surface area (Å²) in [6.07, 6.45) is 0.627. The molecule has 2 fully saturated rings. The monoisotopic (exact) mass is 362 g/mol. The SMILES string of the molecule is CCC(C(=O)N[C@@H]1C(=O)N2[C@@H]1SC(C)(C)[C@@H]2C(=O)O)c1ccccc1. The molecule has 1 aromatic rings. The van der Waals surface area contributed by atoms with E-state index in [9.17, 15) is 19.5 Å². The number of carboxylic acids is 1. The molecule has 7 heteroatoms. The molecular weight excluding hydrogens is 340 g/mol. The van der Waals surface area contributed by atoms with Gasteiger partial charge in [0.1, 0.15) is 17.5 Å². The van der Waals surface area contributed by atoms with Gasteiger partial charge >= 0.3 is 5.97 Å². The van der Waals surface area contributed by atoms with Crippen molar-refractivity contribution >= 4 is 29.5 Å². The number of thioether (sulfide) groups is 1. The Morgan fingerprint density at radius 2 is 1.96 bits per heavy atom. The van der Waals surface area contributed by atoms with Crippen LogP contribution in [0.5, 0.6) is 0 Å². The average Bonchev–Trinajstić information content (AvgIpc) is 2.82. The molecule has 0 aliphatic carbocycles. The summed E-state index contributed by atoms with van der Waals surface area (Å²) in [6, 6.07) is 7.94. The zero-order chi connectivity index (χ0) is 18.4. The van der Waals surface area contributed by atoms with Crippen molar-refractivity contribution in [2.45, 2.75) is 55.3 Å². The van der Waals surface area contributed by atoms with Crippen LogP contribution in [0.4, 0.5) is 0 Å². The highest BCUT2D eigenvalue weighted by Crippen LogP contribution is 2.50. The highest BCUT2D eigenvalue weighted by atomic mass is 32.2. The van der Waals surface area contributed by atoms with E-state index >= 15 is 0 Å². The number of β-lactam (4-membered cyclic amide) rings is 1. The van der Waals surface area contributed by atoms with Crippen molar-refractivity contribution in [1.82, 2.24) is 10.2 Å². The Labute approximate surface area is 151 Å². The number of fused-ring (bicyclic) bond motifs is 1. The number of amides is 2. The standard InChI is InChI=1S/C18H22N2O4S/c1-4-11(10-8-6-5-7-9-10)14(21)19-12-15(22)20-13(17(23)24)18(2,3)25-16(12)20/h5-9,11-13,16H,4H2,1-3H3,(H,19,21)(H,23,24)/t11?,12-,13+,16-/m1/s1. The third-order valence-corrected chi connectivity index (χ3v) is 6.47. The average molecular weight is 362 g/mol. The van der Waals surface area contributed by atoms with Crippen LogP contribution in [-0.4, -0.2) is 50.0 Å². The van der Waals surface area contributed by atoms with Gasteiger partial charge in [-0.15, -0.1) is 11.8 Å². The number of carbonyl (C=O) groups excluding carboxylic acids is 2. The Morgan fingerprint density at radius 3 is 2.52 bits per heavy atom. The number of hydrogen-bond donors (Lipinski definition) is 2. The summed E-state index contributed by atoms with van der Waals surface area (Å²) in [5.41, 5.74) is 0.911. The van der Waals surface area contributed by atoms with Gasteiger partial charge in [0.15, 0.2) is 0 Å². The van der Waals surface area contributed by atoms with Crippen molar-refractivity contribution in [3.63, 3.8) is 0 Å². The fraction of sp³-hybridized carbons (Fsp3) is 0.500. The van der Waals surface area contributed by atoms with Crippen LogP contribution < -0.4 is 5.32 Å². The third kappa shape index (κ3) is 2.90. The molecule has 1 aromatic carbocycles. The third-order valence-electron chi connectivity index (χ3n) is 4.90. The van der Waals surface area contributed by atoms with Crippen LogP contribution in [0.1, 0.15) is 38.7 Å². The molecule has 2 amide bonds. The molecule has 0 bridgehead atoms. The van der Waals surface area contributed by atoms with Crippen molar-refractivity contribution in [1.29, 1.82) is 0 Å². The van der Waals surface area contributed by atoms with Crippen molar-refractivity contribution in [2.24, 2.45) is 0 Å². The molecule has 2 aliphatic heterocycles. The molecule has 3 rings (SSSR count). The van der Waals surface area contributed by atoms with E-state index in [1.54, 1.807) is 0 Å². The molecule has 134 valence electrons. The number of nitrogens with zero attached hydrogens (tertiary/aromatic N) is 1. The Balaban J connectivity index is 1.74. The topological polar surface area (TPSA) is 86.7 Å². The van der Waals surface area contributed by atoms with E-state index in [2.05, 4.69) is 5.32 Å². The lowest BCUT2D eigenvalue weighted by atomic mass is 9.93. The Kier molecular flexibility index (Phi) is 4.53. The van der Waals surface area contributed by atoms with E-state index in [0.717, 1.165) is 5.56 Å². The highest BCUT2D eigenvalue weighted by molar-refractivity contribution is 8.01. The zero-order valence-corrected chi connectivity index (χ0v) is 15.2. The van der Waals surface area contributed by atoms with Gasteiger partial charge in [0.25, 0.3) is 0 Å². The molecule has 2 N–H and O–H groups in total. The van der Waals surface area contributed by atoms with Gasteiger partial charge in [-0.2, -0.15) is 0 Å². The minimum atomic E-state index is -1.01. The van der Waals surface area contributed by atoms with Crippen LogP contribution in [-0.2, 0) is 14.4 Å². The van der Waals surface area contributed by atoms with E-state index in [4.69, 9.17) is 0 Å². The van der Waals surface area contributed by atoms with Gasteiger partial charge in [0.2, 0.25) is 11.8 Å². The van der Waals surface area contributed by atoms with Gasteiger partial charge in [-0.1, -0.05) is 37.3 Å². The first-order valence-corrected chi connectivity index (χ1v) is 9.24. The molecule has 0 spiro atoms. The molecule has 2 saturated heterocycles. The largest absolute Gasteiger partial charge is 0.480 e. The van der Waals surface area contributed by atoms with Crippen LogP contribution in [0.2, 0.25) is 0 Å². The Hall–Kier alpha value is -2.02. The van der Waals surface area contributed by atoms with Crippen LogP contribution in [0.25, 0.3) is 0 Å². The summed E-state index contributed by atoms with van der Waals surface area (Å²) < 4.78 is -0.588. The second-order valence-corrected chi connectivity index (χ2v) is 8.73. The Bertz CT molecular complexity index is 706. The quantitative estimate of drug-likeness (QED) is 0.780. The van der Waals surface area contributed by atoms with Crippen LogP contribution in [0.15, 0.2) is 30.3 Å². The summed E-state index contributed by atoms with van der Waals surface area (Å²) in [7, 11) is 0. The lowest BCUT2D eigenvalue weighted by Crippen LogP contribution is -2.70. The number of carbonyl (C=O) groups is 3.